The molecule has 3 rings (SSSR count). The minimum atomic E-state index is -4.93. The fourth-order valence-electron chi connectivity index (χ4n) is 3.98. The lowest BCUT2D eigenvalue weighted by Crippen LogP contribution is -2.55. The fourth-order valence-corrected chi connectivity index (χ4v) is 3.98. The largest absolute Gasteiger partial charge is 0.418 e. The number of nitrogens with one attached hydrogen (secondary N) is 1. The maximum absolute atomic E-state index is 13.8. The molecule has 188 valence electrons. The van der Waals surface area contributed by atoms with Crippen molar-refractivity contribution in [3.8, 4) is 0 Å². The molecule has 1 aliphatic heterocycles. The minimum Gasteiger partial charge on any atom is -0.370 e. The van der Waals surface area contributed by atoms with Gasteiger partial charge in [-0.1, -0.05) is 6.42 Å². The Morgan fingerprint density at radius 2 is 1.97 bits per heavy atom. The number of benzene rings is 1. The molecule has 34 heavy (non-hydrogen) atoms. The Hall–Kier alpha value is -2.80. The number of carbonyl (C=O) groups is 3. The average molecular weight is 492 g/mol. The summed E-state index contributed by atoms with van der Waals surface area (Å²) in [5, 5.41) is 2.03. The molecule has 13 heteroatoms. The first-order valence-corrected chi connectivity index (χ1v) is 10.7. The van der Waals surface area contributed by atoms with Gasteiger partial charge >= 0.3 is 6.18 Å². The number of hydrogen-bond donors (Lipinski definition) is 2. The van der Waals surface area contributed by atoms with Gasteiger partial charge in [0, 0.05) is 18.8 Å². The maximum atomic E-state index is 13.8. The molecular weight excluding hydrogens is 467 g/mol. The Morgan fingerprint density at radius 1 is 1.26 bits per heavy atom. The van der Waals surface area contributed by atoms with E-state index in [2.05, 4.69) is 0 Å². The molecule has 8 nitrogen and oxygen atoms in total. The smallest absolute Gasteiger partial charge is 0.370 e. The predicted octanol–water partition coefficient (Wildman–Crippen LogP) is 2.23. The van der Waals surface area contributed by atoms with Crippen molar-refractivity contribution in [3.63, 3.8) is 0 Å². The molecule has 0 spiro atoms. The summed E-state index contributed by atoms with van der Waals surface area (Å²) in [5.41, 5.74) is 3.30. The molecule has 3 N–H and O–H groups in total. The van der Waals surface area contributed by atoms with Crippen molar-refractivity contribution in [2.75, 3.05) is 43.1 Å². The van der Waals surface area contributed by atoms with Crippen LogP contribution in [0.5, 0.6) is 0 Å². The molecule has 1 heterocycles. The molecule has 2 aliphatic rings. The molecule has 1 saturated heterocycles. The Kier molecular flexibility index (Phi) is 8.08. The van der Waals surface area contributed by atoms with Crippen LogP contribution >= 0.6 is 0 Å². The molecule has 3 amide bonds. The third kappa shape index (κ3) is 6.20. The molecule has 0 aromatic heterocycles. The Labute approximate surface area is 192 Å². The van der Waals surface area contributed by atoms with Crippen LogP contribution in [0, 0.1) is 5.92 Å². The molecule has 1 aliphatic carbocycles. The number of nitrogens with zero attached hydrogens (tertiary/aromatic N) is 2. The number of alkyl halides is 5. The van der Waals surface area contributed by atoms with Gasteiger partial charge in [0.15, 0.2) is 6.04 Å². The number of morpholine rings is 1. The van der Waals surface area contributed by atoms with Gasteiger partial charge in [0.05, 0.1) is 24.4 Å². The minimum absolute atomic E-state index is 0.00439. The summed E-state index contributed by atoms with van der Waals surface area (Å²) in [7, 11) is 0. The highest BCUT2D eigenvalue weighted by molar-refractivity contribution is 6.10. The quantitative estimate of drug-likeness (QED) is 0.407. The van der Waals surface area contributed by atoms with E-state index in [0.29, 0.717) is 6.07 Å². The molecule has 1 saturated carbocycles. The van der Waals surface area contributed by atoms with Crippen LogP contribution in [0.25, 0.3) is 0 Å². The number of amides is 3. The number of rotatable bonds is 9. The van der Waals surface area contributed by atoms with Gasteiger partial charge in [0.1, 0.15) is 6.61 Å². The van der Waals surface area contributed by atoms with Crippen LogP contribution in [-0.4, -0.2) is 67.9 Å². The second-order valence-electron chi connectivity index (χ2n) is 8.26. The van der Waals surface area contributed by atoms with E-state index in [4.69, 9.17) is 10.5 Å². The van der Waals surface area contributed by atoms with Gasteiger partial charge in [-0.05, 0) is 37.0 Å². The zero-order chi connectivity index (χ0) is 25.0. The van der Waals surface area contributed by atoms with Gasteiger partial charge in [-0.3, -0.25) is 19.3 Å². The molecule has 1 aromatic carbocycles. The first kappa shape index (κ1) is 25.8. The highest BCUT2D eigenvalue weighted by Gasteiger charge is 2.39. The Morgan fingerprint density at radius 3 is 2.50 bits per heavy atom. The highest BCUT2D eigenvalue weighted by atomic mass is 19.4. The number of carbonyl (C=O) groups excluding carboxylic acids is 3. The molecule has 1 aromatic rings. The van der Waals surface area contributed by atoms with Crippen molar-refractivity contribution in [2.24, 2.45) is 11.7 Å². The second-order valence-corrected chi connectivity index (χ2v) is 8.26. The summed E-state index contributed by atoms with van der Waals surface area (Å²) >= 11 is 0. The van der Waals surface area contributed by atoms with E-state index < -0.39 is 54.2 Å². The summed E-state index contributed by atoms with van der Waals surface area (Å²) in [6.45, 7) is -1.01. The monoisotopic (exact) mass is 492 g/mol. The van der Waals surface area contributed by atoms with Gasteiger partial charge < -0.3 is 20.7 Å². The van der Waals surface area contributed by atoms with Crippen LogP contribution in [0.4, 0.5) is 33.3 Å². The standard InChI is InChI=1S/C21H25F5N4O4/c22-16(23)10-29(9-12-2-1-3-12)18(19(27)32)20(33)28-15-5-4-13(8-14(15)21(24,25)26)30-6-7-34-11-17(30)31/h4-5,8,12,16,18H,1-3,6-7,9-11H2,(H2,27,32)(H,28,33)/t18-/m0/s1. The molecule has 0 bridgehead atoms. The second kappa shape index (κ2) is 10.6. The first-order chi connectivity index (χ1) is 16.0. The Balaban J connectivity index is 1.87. The topological polar surface area (TPSA) is 105 Å². The van der Waals surface area contributed by atoms with E-state index in [1.165, 1.54) is 6.07 Å². The van der Waals surface area contributed by atoms with Gasteiger partial charge in [-0.15, -0.1) is 0 Å². The SMILES string of the molecule is NC(=O)[C@@H](C(=O)Nc1ccc(N2CCOCC2=O)cc1C(F)(F)F)N(CC(F)F)CC1CCC1. The number of ether oxygens (including phenoxy) is 1. The van der Waals surface area contributed by atoms with Crippen molar-refractivity contribution in [1.29, 1.82) is 0 Å². The van der Waals surface area contributed by atoms with Gasteiger partial charge in [-0.2, -0.15) is 13.2 Å². The van der Waals surface area contributed by atoms with Crippen molar-refractivity contribution in [1.82, 2.24) is 4.90 Å². The third-order valence-corrected chi connectivity index (χ3v) is 5.84. The zero-order valence-electron chi connectivity index (χ0n) is 18.1. The number of primary amides is 1. The van der Waals surface area contributed by atoms with E-state index in [0.717, 1.165) is 35.1 Å². The van der Waals surface area contributed by atoms with Crippen molar-refractivity contribution in [3.05, 3.63) is 23.8 Å². The lowest BCUT2D eigenvalue weighted by atomic mass is 9.84. The van der Waals surface area contributed by atoms with Crippen LogP contribution in [0.3, 0.4) is 0 Å². The fraction of sp³-hybridized carbons (Fsp3) is 0.571. The summed E-state index contributed by atoms with van der Waals surface area (Å²) < 4.78 is 72.6. The van der Waals surface area contributed by atoms with Crippen molar-refractivity contribution in [2.45, 2.75) is 37.9 Å². The highest BCUT2D eigenvalue weighted by Crippen LogP contribution is 2.38. The maximum Gasteiger partial charge on any atom is 0.418 e. The summed E-state index contributed by atoms with van der Waals surface area (Å²) in [6.07, 6.45) is -5.47. The summed E-state index contributed by atoms with van der Waals surface area (Å²) in [5.74, 6) is -3.03. The van der Waals surface area contributed by atoms with Crippen molar-refractivity contribution < 1.29 is 41.1 Å². The van der Waals surface area contributed by atoms with Gasteiger partial charge in [0.25, 0.3) is 18.2 Å². The lowest BCUT2D eigenvalue weighted by Gasteiger charge is -2.35. The number of anilines is 2. The van der Waals surface area contributed by atoms with Crippen LogP contribution in [0.2, 0.25) is 0 Å². The van der Waals surface area contributed by atoms with E-state index in [-0.39, 0.29) is 37.9 Å². The normalized spacial score (nSPS) is 18.2. The van der Waals surface area contributed by atoms with Crippen LogP contribution < -0.4 is 16.0 Å². The zero-order valence-corrected chi connectivity index (χ0v) is 18.1. The van der Waals surface area contributed by atoms with E-state index in [1.54, 1.807) is 0 Å². The van der Waals surface area contributed by atoms with Crippen LogP contribution in [-0.2, 0) is 25.3 Å². The van der Waals surface area contributed by atoms with E-state index >= 15 is 0 Å². The third-order valence-electron chi connectivity index (χ3n) is 5.84. The molecule has 0 radical (unpaired) electrons. The number of hydrogen-bond acceptors (Lipinski definition) is 5. The van der Waals surface area contributed by atoms with Crippen molar-refractivity contribution >= 4 is 29.1 Å². The van der Waals surface area contributed by atoms with Gasteiger partial charge in [0.2, 0.25) is 5.91 Å². The lowest BCUT2D eigenvalue weighted by molar-refractivity contribution is -0.137. The number of nitrogens with two attached hydrogens (primary N) is 1. The Bertz CT molecular complexity index is 923. The molecule has 2 fully saturated rings. The summed E-state index contributed by atoms with van der Waals surface area (Å²) in [4.78, 5) is 38.9. The van der Waals surface area contributed by atoms with E-state index in [1.807, 2.05) is 5.32 Å². The summed E-state index contributed by atoms with van der Waals surface area (Å²) in [6, 6.07) is 0.971. The van der Waals surface area contributed by atoms with Crippen LogP contribution in [0.15, 0.2) is 18.2 Å². The number of halogens is 5. The van der Waals surface area contributed by atoms with Crippen LogP contribution in [0.1, 0.15) is 24.8 Å². The van der Waals surface area contributed by atoms with Gasteiger partial charge in [-0.25, -0.2) is 8.78 Å². The molecular formula is C21H25F5N4O4. The molecule has 1 atom stereocenters. The average Bonchev–Trinajstić information content (AvgIpc) is 2.70. The van der Waals surface area contributed by atoms with E-state index in [9.17, 15) is 36.3 Å². The first-order valence-electron chi connectivity index (χ1n) is 10.7. The molecule has 0 unspecified atom stereocenters. The predicted molar refractivity (Wildman–Crippen MR) is 111 cm³/mol.